The molecule has 0 saturated heterocycles. The summed E-state index contributed by atoms with van der Waals surface area (Å²) >= 11 is 0. The number of nitrogens with zero attached hydrogens (tertiary/aromatic N) is 5. The monoisotopic (exact) mass is 499 g/mol. The van der Waals surface area contributed by atoms with Crippen LogP contribution in [0.15, 0.2) is 84.9 Å². The number of amides is 1. The molecule has 0 aliphatic heterocycles. The number of carbonyl (C=O) groups is 1. The molecule has 0 spiro atoms. The van der Waals surface area contributed by atoms with Crippen molar-refractivity contribution in [2.75, 3.05) is 34.3 Å². The highest BCUT2D eigenvalue weighted by Crippen LogP contribution is 2.27. The molecule has 1 aromatic heterocycles. The van der Waals surface area contributed by atoms with Crippen LogP contribution in [0.5, 0.6) is 5.75 Å². The molecule has 4 rings (SSSR count). The number of nitro groups is 1. The Balaban J connectivity index is 1.81. The molecule has 0 aliphatic carbocycles. The van der Waals surface area contributed by atoms with Crippen LogP contribution in [0.25, 0.3) is 16.9 Å². The Labute approximate surface area is 215 Å². The molecule has 190 valence electrons. The topological polar surface area (TPSA) is 93.7 Å². The zero-order valence-corrected chi connectivity index (χ0v) is 21.1. The Morgan fingerprint density at radius 2 is 1.73 bits per heavy atom. The van der Waals surface area contributed by atoms with Crippen molar-refractivity contribution >= 4 is 11.6 Å². The fourth-order valence-corrected chi connectivity index (χ4v) is 3.93. The van der Waals surface area contributed by atoms with E-state index in [2.05, 4.69) is 0 Å². The number of non-ortho nitro benzene ring substituents is 1. The summed E-state index contributed by atoms with van der Waals surface area (Å²) in [5.41, 5.74) is 2.99. The van der Waals surface area contributed by atoms with Crippen LogP contribution < -0.4 is 4.74 Å². The molecule has 0 atom stereocenters. The zero-order chi connectivity index (χ0) is 26.4. The van der Waals surface area contributed by atoms with Crippen molar-refractivity contribution in [3.63, 3.8) is 0 Å². The van der Waals surface area contributed by atoms with E-state index in [1.54, 1.807) is 30.2 Å². The van der Waals surface area contributed by atoms with E-state index in [-0.39, 0.29) is 11.6 Å². The SMILES string of the molecule is COc1cccc(-c2cc(C(=O)N(CCN(C)C)Cc3ccccc3)n(-c3cccc([N+](=O)[O-])c3)n2)c1. The fourth-order valence-electron chi connectivity index (χ4n) is 3.93. The van der Waals surface area contributed by atoms with Gasteiger partial charge in [-0.1, -0.05) is 48.5 Å². The van der Waals surface area contributed by atoms with Gasteiger partial charge in [0.15, 0.2) is 0 Å². The van der Waals surface area contributed by atoms with Crippen molar-refractivity contribution in [2.45, 2.75) is 6.54 Å². The molecule has 4 aromatic rings. The first-order valence-corrected chi connectivity index (χ1v) is 11.8. The van der Waals surface area contributed by atoms with Gasteiger partial charge in [-0.2, -0.15) is 5.10 Å². The molecule has 9 heteroatoms. The molecule has 0 unspecified atom stereocenters. The first kappa shape index (κ1) is 25.6. The molecule has 1 amide bonds. The van der Waals surface area contributed by atoms with E-state index in [0.717, 1.165) is 11.1 Å². The van der Waals surface area contributed by atoms with Crippen LogP contribution in [0.3, 0.4) is 0 Å². The van der Waals surface area contributed by atoms with Crippen molar-refractivity contribution in [1.82, 2.24) is 19.6 Å². The zero-order valence-electron chi connectivity index (χ0n) is 21.1. The van der Waals surface area contributed by atoms with E-state index in [1.165, 1.54) is 16.8 Å². The van der Waals surface area contributed by atoms with Gasteiger partial charge in [0.25, 0.3) is 11.6 Å². The maximum atomic E-state index is 14.0. The fraction of sp³-hybridized carbons (Fsp3) is 0.214. The number of carbonyl (C=O) groups excluding carboxylic acids is 1. The lowest BCUT2D eigenvalue weighted by Crippen LogP contribution is -2.37. The maximum Gasteiger partial charge on any atom is 0.272 e. The number of hydrogen-bond acceptors (Lipinski definition) is 6. The number of methoxy groups -OCH3 is 1. The van der Waals surface area contributed by atoms with Gasteiger partial charge >= 0.3 is 0 Å². The average molecular weight is 500 g/mol. The number of aromatic nitrogens is 2. The summed E-state index contributed by atoms with van der Waals surface area (Å²) in [5.74, 6) is 0.436. The second-order valence-corrected chi connectivity index (χ2v) is 8.85. The first-order chi connectivity index (χ1) is 17.9. The minimum Gasteiger partial charge on any atom is -0.497 e. The molecule has 9 nitrogen and oxygen atoms in total. The largest absolute Gasteiger partial charge is 0.497 e. The van der Waals surface area contributed by atoms with Gasteiger partial charge in [-0.25, -0.2) is 4.68 Å². The van der Waals surface area contributed by atoms with Gasteiger partial charge in [0.1, 0.15) is 11.4 Å². The normalized spacial score (nSPS) is 10.9. The number of hydrogen-bond donors (Lipinski definition) is 0. The quantitative estimate of drug-likeness (QED) is 0.233. The summed E-state index contributed by atoms with van der Waals surface area (Å²) in [5, 5.41) is 16.2. The summed E-state index contributed by atoms with van der Waals surface area (Å²) < 4.78 is 6.84. The average Bonchev–Trinajstić information content (AvgIpc) is 3.37. The number of rotatable bonds is 10. The van der Waals surface area contributed by atoms with E-state index in [0.29, 0.717) is 42.5 Å². The maximum absolute atomic E-state index is 14.0. The highest BCUT2D eigenvalue weighted by Gasteiger charge is 2.24. The Morgan fingerprint density at radius 3 is 2.43 bits per heavy atom. The van der Waals surface area contributed by atoms with E-state index in [4.69, 9.17) is 9.84 Å². The lowest BCUT2D eigenvalue weighted by atomic mass is 10.1. The van der Waals surface area contributed by atoms with Crippen molar-refractivity contribution in [3.8, 4) is 22.7 Å². The van der Waals surface area contributed by atoms with Crippen molar-refractivity contribution < 1.29 is 14.5 Å². The molecule has 37 heavy (non-hydrogen) atoms. The molecular weight excluding hydrogens is 470 g/mol. The van der Waals surface area contributed by atoms with Crippen LogP contribution in [0.2, 0.25) is 0 Å². The van der Waals surface area contributed by atoms with Crippen LogP contribution in [0.4, 0.5) is 5.69 Å². The lowest BCUT2D eigenvalue weighted by Gasteiger charge is -2.25. The third-order valence-corrected chi connectivity index (χ3v) is 5.90. The van der Waals surface area contributed by atoms with Gasteiger partial charge in [0.05, 0.1) is 23.4 Å². The van der Waals surface area contributed by atoms with Crippen LogP contribution in [-0.4, -0.2) is 64.7 Å². The molecule has 1 heterocycles. The van der Waals surface area contributed by atoms with Gasteiger partial charge in [-0.05, 0) is 43.9 Å². The summed E-state index contributed by atoms with van der Waals surface area (Å²) in [6.45, 7) is 1.59. The van der Waals surface area contributed by atoms with Gasteiger partial charge in [-0.15, -0.1) is 0 Å². The number of ether oxygens (including phenoxy) is 1. The molecule has 0 radical (unpaired) electrons. The number of benzene rings is 3. The van der Waals surface area contributed by atoms with Gasteiger partial charge in [0.2, 0.25) is 0 Å². The Bertz CT molecular complexity index is 1380. The summed E-state index contributed by atoms with van der Waals surface area (Å²) in [7, 11) is 5.50. The predicted octanol–water partition coefficient (Wildman–Crippen LogP) is 4.66. The third kappa shape index (κ3) is 6.20. The Morgan fingerprint density at radius 1 is 0.973 bits per heavy atom. The van der Waals surface area contributed by atoms with E-state index < -0.39 is 4.92 Å². The predicted molar refractivity (Wildman–Crippen MR) is 142 cm³/mol. The van der Waals surface area contributed by atoms with Gasteiger partial charge < -0.3 is 14.5 Å². The third-order valence-electron chi connectivity index (χ3n) is 5.90. The van der Waals surface area contributed by atoms with Crippen molar-refractivity contribution in [2.24, 2.45) is 0 Å². The minimum absolute atomic E-state index is 0.0805. The second-order valence-electron chi connectivity index (χ2n) is 8.85. The highest BCUT2D eigenvalue weighted by molar-refractivity contribution is 5.94. The van der Waals surface area contributed by atoms with Crippen molar-refractivity contribution in [3.05, 3.63) is 106 Å². The van der Waals surface area contributed by atoms with Gasteiger partial charge in [-0.3, -0.25) is 14.9 Å². The summed E-state index contributed by atoms with van der Waals surface area (Å²) in [4.78, 5) is 28.8. The smallest absolute Gasteiger partial charge is 0.272 e. The molecule has 0 N–H and O–H groups in total. The number of nitro benzene ring substituents is 1. The van der Waals surface area contributed by atoms with E-state index in [1.807, 2.05) is 73.6 Å². The first-order valence-electron chi connectivity index (χ1n) is 11.8. The van der Waals surface area contributed by atoms with Crippen LogP contribution in [0, 0.1) is 10.1 Å². The lowest BCUT2D eigenvalue weighted by molar-refractivity contribution is -0.384. The molecule has 0 bridgehead atoms. The van der Waals surface area contributed by atoms with E-state index >= 15 is 0 Å². The summed E-state index contributed by atoms with van der Waals surface area (Å²) in [6.07, 6.45) is 0. The molecule has 0 fully saturated rings. The van der Waals surface area contributed by atoms with Gasteiger partial charge in [0, 0.05) is 37.3 Å². The van der Waals surface area contributed by atoms with Crippen LogP contribution in [0.1, 0.15) is 16.1 Å². The number of likely N-dealkylation sites (N-methyl/N-ethyl adjacent to an activating group) is 1. The summed E-state index contributed by atoms with van der Waals surface area (Å²) in [6, 6.07) is 25.0. The van der Waals surface area contributed by atoms with Crippen molar-refractivity contribution in [1.29, 1.82) is 0 Å². The standard InChI is InChI=1S/C28H29N5O4/c1-30(2)15-16-31(20-21-9-5-4-6-10-21)28(34)27-19-26(22-11-7-14-25(17-22)37-3)29-32(27)23-12-8-13-24(18-23)33(35)36/h4-14,17-19H,15-16,20H2,1-3H3. The second kappa shape index (κ2) is 11.5. The van der Waals surface area contributed by atoms with E-state index in [9.17, 15) is 14.9 Å². The molecule has 0 saturated carbocycles. The van der Waals surface area contributed by atoms with Crippen LogP contribution in [-0.2, 0) is 6.54 Å². The Kier molecular flexibility index (Phi) is 7.95. The molecular formula is C28H29N5O4. The van der Waals surface area contributed by atoms with Crippen LogP contribution >= 0.6 is 0 Å². The Hall–Kier alpha value is -4.50. The highest BCUT2D eigenvalue weighted by atomic mass is 16.6. The minimum atomic E-state index is -0.462. The molecule has 3 aromatic carbocycles. The molecule has 0 aliphatic rings.